The van der Waals surface area contributed by atoms with E-state index in [2.05, 4.69) is 22.7 Å². The van der Waals surface area contributed by atoms with E-state index in [1.54, 1.807) is 0 Å². The minimum absolute atomic E-state index is 0.0223. The first-order valence-electron chi connectivity index (χ1n) is 5.90. The molecule has 0 rings (SSSR count). The third-order valence-electron chi connectivity index (χ3n) is 2.38. The van der Waals surface area contributed by atoms with Gasteiger partial charge in [0.15, 0.2) is 12.0 Å². The number of aliphatic carboxylic acids is 1. The molecule has 0 aromatic carbocycles. The van der Waals surface area contributed by atoms with Crippen LogP contribution in [0.3, 0.4) is 0 Å². The van der Waals surface area contributed by atoms with Crippen LogP contribution in [0, 0.1) is 0 Å². The van der Waals surface area contributed by atoms with Gasteiger partial charge in [-0.05, 0) is 0 Å². The Hall–Kier alpha value is -1.61. The highest BCUT2D eigenvalue weighted by atomic mass is 32.1. The zero-order valence-electron chi connectivity index (χ0n) is 10.8. The molecule has 0 saturated carbocycles. The zero-order valence-corrected chi connectivity index (χ0v) is 11.7. The van der Waals surface area contributed by atoms with Crippen LogP contribution < -0.4 is 11.1 Å². The number of carbonyl (C=O) groups is 4. The van der Waals surface area contributed by atoms with Crippen LogP contribution in [0.15, 0.2) is 0 Å². The molecule has 0 fully saturated rings. The number of ketones is 1. The third kappa shape index (κ3) is 8.48. The van der Waals surface area contributed by atoms with Crippen LogP contribution >= 0.6 is 12.6 Å². The maximum Gasteiger partial charge on any atom is 0.303 e. The Kier molecular flexibility index (Phi) is 9.39. The van der Waals surface area contributed by atoms with E-state index in [9.17, 15) is 19.2 Å². The summed E-state index contributed by atoms with van der Waals surface area (Å²) in [6, 6.07) is -0.839. The molecule has 0 radical (unpaired) electrons. The summed E-state index contributed by atoms with van der Waals surface area (Å²) in [5.74, 6) is -1.86. The molecule has 0 spiro atoms. The fourth-order valence-corrected chi connectivity index (χ4v) is 1.61. The summed E-state index contributed by atoms with van der Waals surface area (Å²) < 4.78 is 4.41. The summed E-state index contributed by atoms with van der Waals surface area (Å²) in [7, 11) is 0. The van der Waals surface area contributed by atoms with Gasteiger partial charge in [0, 0.05) is 25.0 Å². The Morgan fingerprint density at radius 1 is 1.30 bits per heavy atom. The van der Waals surface area contributed by atoms with Crippen molar-refractivity contribution >= 4 is 36.8 Å². The molecule has 1 amide bonds. The zero-order chi connectivity index (χ0) is 15.5. The number of rotatable bonds is 11. The van der Waals surface area contributed by atoms with Crippen LogP contribution in [0.4, 0.5) is 0 Å². The van der Waals surface area contributed by atoms with Crippen molar-refractivity contribution in [3.63, 3.8) is 0 Å². The van der Waals surface area contributed by atoms with Crippen molar-refractivity contribution < 1.29 is 29.0 Å². The number of hydrogen-bond acceptors (Lipinski definition) is 7. The number of nitrogens with one attached hydrogen (secondary N) is 1. The second-order valence-electron chi connectivity index (χ2n) is 3.97. The molecule has 20 heavy (non-hydrogen) atoms. The number of carboxylic acids is 1. The molecule has 9 heteroatoms. The van der Waals surface area contributed by atoms with Crippen molar-refractivity contribution in [1.29, 1.82) is 0 Å². The van der Waals surface area contributed by atoms with E-state index in [1.807, 2.05) is 0 Å². The standard InChI is InChI=1S/C11H18N2O6S/c12-9(19-6-14)2-3-10(16)13-7(5-20)8(15)1-4-11(17)18/h6-7,9,20H,1-5,12H2,(H,13,16)(H,17,18)/t7-,9+/m0/s1. The Morgan fingerprint density at radius 2 is 1.95 bits per heavy atom. The SMILES string of the molecule is N[C@@H](CCC(=O)N[C@@H](CS)C(=O)CCC(=O)O)OC=O. The van der Waals surface area contributed by atoms with E-state index in [-0.39, 0.29) is 37.9 Å². The fourth-order valence-electron chi connectivity index (χ4n) is 1.31. The fraction of sp³-hybridized carbons (Fsp3) is 0.636. The van der Waals surface area contributed by atoms with Crippen LogP contribution in [0.5, 0.6) is 0 Å². The molecule has 0 aliphatic rings. The molecular formula is C11H18N2O6S. The molecular weight excluding hydrogens is 288 g/mol. The maximum absolute atomic E-state index is 11.6. The van der Waals surface area contributed by atoms with Gasteiger partial charge >= 0.3 is 5.97 Å². The number of hydrogen-bond donors (Lipinski definition) is 4. The number of thiol groups is 1. The van der Waals surface area contributed by atoms with Gasteiger partial charge < -0.3 is 15.2 Å². The lowest BCUT2D eigenvalue weighted by molar-refractivity contribution is -0.139. The second-order valence-corrected chi connectivity index (χ2v) is 4.34. The summed E-state index contributed by atoms with van der Waals surface area (Å²) in [5.41, 5.74) is 5.36. The molecule has 0 aliphatic carbocycles. The van der Waals surface area contributed by atoms with Gasteiger partial charge in [-0.3, -0.25) is 24.9 Å². The van der Waals surface area contributed by atoms with E-state index in [4.69, 9.17) is 10.8 Å². The smallest absolute Gasteiger partial charge is 0.303 e. The molecule has 0 bridgehead atoms. The average molecular weight is 306 g/mol. The summed E-state index contributed by atoms with van der Waals surface area (Å²) in [6.07, 6.45) is -1.25. The molecule has 114 valence electrons. The minimum atomic E-state index is -1.08. The van der Waals surface area contributed by atoms with Crippen molar-refractivity contribution in [2.45, 2.75) is 38.0 Å². The van der Waals surface area contributed by atoms with Gasteiger partial charge in [-0.2, -0.15) is 12.6 Å². The first-order chi connectivity index (χ1) is 9.40. The molecule has 0 aromatic rings. The first kappa shape index (κ1) is 18.4. The highest BCUT2D eigenvalue weighted by Gasteiger charge is 2.20. The Morgan fingerprint density at radius 3 is 2.45 bits per heavy atom. The van der Waals surface area contributed by atoms with Gasteiger partial charge in [0.1, 0.15) is 0 Å². The summed E-state index contributed by atoms with van der Waals surface area (Å²) in [4.78, 5) is 43.5. The molecule has 0 heterocycles. The van der Waals surface area contributed by atoms with Gasteiger partial charge in [0.05, 0.1) is 12.5 Å². The van der Waals surface area contributed by atoms with Gasteiger partial charge in [0.2, 0.25) is 5.91 Å². The maximum atomic E-state index is 11.6. The van der Waals surface area contributed by atoms with Gasteiger partial charge in [-0.15, -0.1) is 0 Å². The Labute approximate surface area is 121 Å². The van der Waals surface area contributed by atoms with E-state index in [0.717, 1.165) is 0 Å². The predicted molar refractivity (Wildman–Crippen MR) is 72.0 cm³/mol. The predicted octanol–water partition coefficient (Wildman–Crippen LogP) is -0.927. The van der Waals surface area contributed by atoms with Crippen molar-refractivity contribution in [3.8, 4) is 0 Å². The third-order valence-corrected chi connectivity index (χ3v) is 2.74. The van der Waals surface area contributed by atoms with Crippen LogP contribution in [0.2, 0.25) is 0 Å². The number of nitrogens with two attached hydrogens (primary N) is 1. The highest BCUT2D eigenvalue weighted by Crippen LogP contribution is 2.01. The lowest BCUT2D eigenvalue weighted by Crippen LogP contribution is -2.42. The second kappa shape index (κ2) is 10.2. The quantitative estimate of drug-likeness (QED) is 0.220. The topological polar surface area (TPSA) is 136 Å². The lowest BCUT2D eigenvalue weighted by Gasteiger charge is -2.16. The van der Waals surface area contributed by atoms with Crippen LogP contribution in [0.25, 0.3) is 0 Å². The molecule has 0 aliphatic heterocycles. The largest absolute Gasteiger partial charge is 0.481 e. The van der Waals surface area contributed by atoms with Gasteiger partial charge in [-0.25, -0.2) is 0 Å². The van der Waals surface area contributed by atoms with E-state index in [1.165, 1.54) is 0 Å². The van der Waals surface area contributed by atoms with Crippen LogP contribution in [0.1, 0.15) is 25.7 Å². The highest BCUT2D eigenvalue weighted by molar-refractivity contribution is 7.80. The monoisotopic (exact) mass is 306 g/mol. The number of carbonyl (C=O) groups excluding carboxylic acids is 3. The Bertz CT molecular complexity index is 363. The minimum Gasteiger partial charge on any atom is -0.481 e. The summed E-state index contributed by atoms with van der Waals surface area (Å²) in [5, 5.41) is 10.9. The number of ether oxygens (including phenoxy) is 1. The van der Waals surface area contributed by atoms with Crippen molar-refractivity contribution in [3.05, 3.63) is 0 Å². The number of amides is 1. The average Bonchev–Trinajstić information content (AvgIpc) is 2.40. The summed E-state index contributed by atoms with van der Waals surface area (Å²) >= 11 is 3.94. The van der Waals surface area contributed by atoms with E-state index >= 15 is 0 Å². The van der Waals surface area contributed by atoms with Crippen molar-refractivity contribution in [1.82, 2.24) is 5.32 Å². The lowest BCUT2D eigenvalue weighted by atomic mass is 10.1. The van der Waals surface area contributed by atoms with Crippen LogP contribution in [-0.2, 0) is 23.9 Å². The molecule has 2 atom stereocenters. The molecule has 0 saturated heterocycles. The normalized spacial score (nSPS) is 13.1. The van der Waals surface area contributed by atoms with Crippen LogP contribution in [-0.4, -0.2) is 47.3 Å². The van der Waals surface area contributed by atoms with E-state index < -0.39 is 29.9 Å². The first-order valence-corrected chi connectivity index (χ1v) is 6.53. The van der Waals surface area contributed by atoms with Crippen molar-refractivity contribution in [2.24, 2.45) is 5.73 Å². The molecule has 4 N–H and O–H groups in total. The van der Waals surface area contributed by atoms with Gasteiger partial charge in [-0.1, -0.05) is 0 Å². The molecule has 0 unspecified atom stereocenters. The Balaban J connectivity index is 4.14. The molecule has 8 nitrogen and oxygen atoms in total. The van der Waals surface area contributed by atoms with E-state index in [0.29, 0.717) is 0 Å². The number of Topliss-reactive ketones (excluding diaryl/α,β-unsaturated/α-hetero) is 1. The van der Waals surface area contributed by atoms with Gasteiger partial charge in [0.25, 0.3) is 6.47 Å². The molecule has 0 aromatic heterocycles. The number of carboxylic acid groups (broad SMARTS) is 1. The van der Waals surface area contributed by atoms with Crippen molar-refractivity contribution in [2.75, 3.05) is 5.75 Å². The summed E-state index contributed by atoms with van der Waals surface area (Å²) in [6.45, 7) is 0.189.